The van der Waals surface area contributed by atoms with Crippen molar-refractivity contribution in [3.8, 4) is 0 Å². The first-order valence-electron chi connectivity index (χ1n) is 5.50. The molecule has 0 amide bonds. The van der Waals surface area contributed by atoms with Gasteiger partial charge >= 0.3 is 0 Å². The van der Waals surface area contributed by atoms with Gasteiger partial charge in [0, 0.05) is 20.3 Å². The molecule has 3 heteroatoms. The zero-order valence-electron chi connectivity index (χ0n) is 10.4. The molecule has 0 aliphatic rings. The van der Waals surface area contributed by atoms with E-state index in [0.29, 0.717) is 5.04 Å². The summed E-state index contributed by atoms with van der Waals surface area (Å²) < 4.78 is 11.0. The topological polar surface area (TPSA) is 18.5 Å². The highest BCUT2D eigenvalue weighted by molar-refractivity contribution is 6.55. The van der Waals surface area contributed by atoms with E-state index in [1.807, 2.05) is 0 Å². The highest BCUT2D eigenvalue weighted by Crippen LogP contribution is 2.30. The molecule has 2 nitrogen and oxygen atoms in total. The lowest BCUT2D eigenvalue weighted by Crippen LogP contribution is -2.29. The van der Waals surface area contributed by atoms with Crippen molar-refractivity contribution in [1.82, 2.24) is 0 Å². The molecule has 0 aromatic carbocycles. The van der Waals surface area contributed by atoms with E-state index in [2.05, 4.69) is 27.7 Å². The van der Waals surface area contributed by atoms with Crippen molar-refractivity contribution in [2.24, 2.45) is 0 Å². The molecule has 0 fully saturated rings. The third kappa shape index (κ3) is 6.57. The first-order chi connectivity index (χ1) is 6.52. The van der Waals surface area contributed by atoms with Gasteiger partial charge in [-0.05, 0) is 17.5 Å². The molecule has 0 unspecified atom stereocenters. The Bertz CT molecular complexity index is 132. The van der Waals surface area contributed by atoms with Crippen molar-refractivity contribution in [3.63, 3.8) is 0 Å². The summed E-state index contributed by atoms with van der Waals surface area (Å²) in [6.45, 7) is 10.8. The van der Waals surface area contributed by atoms with E-state index in [4.69, 9.17) is 9.16 Å². The predicted molar refractivity (Wildman–Crippen MR) is 63.0 cm³/mol. The Kier molecular flexibility index (Phi) is 7.50. The van der Waals surface area contributed by atoms with E-state index in [0.717, 1.165) is 19.6 Å². The van der Waals surface area contributed by atoms with E-state index >= 15 is 0 Å². The average molecular weight is 217 g/mol. The van der Waals surface area contributed by atoms with E-state index in [1.54, 1.807) is 7.11 Å². The monoisotopic (exact) mass is 217 g/mol. The van der Waals surface area contributed by atoms with Crippen LogP contribution in [0.1, 0.15) is 40.5 Å². The maximum atomic E-state index is 5.97. The van der Waals surface area contributed by atoms with E-state index in [9.17, 15) is 0 Å². The minimum Gasteiger partial charge on any atom is -0.416 e. The lowest BCUT2D eigenvalue weighted by atomic mass is 10.2. The Morgan fingerprint density at radius 3 is 2.21 bits per heavy atom. The third-order valence-electron chi connectivity index (χ3n) is 2.08. The minimum atomic E-state index is -0.647. The molecule has 0 aromatic heterocycles. The van der Waals surface area contributed by atoms with Crippen LogP contribution in [0, 0.1) is 0 Å². The summed E-state index contributed by atoms with van der Waals surface area (Å²) in [7, 11) is 1.09. The van der Waals surface area contributed by atoms with Crippen LogP contribution in [0.15, 0.2) is 0 Å². The Balaban J connectivity index is 3.74. The summed E-state index contributed by atoms with van der Waals surface area (Å²) in [6.07, 6.45) is 2.25. The first kappa shape index (κ1) is 14.1. The summed E-state index contributed by atoms with van der Waals surface area (Å²) in [6, 6.07) is 1.25. The van der Waals surface area contributed by atoms with Crippen LogP contribution in [0.2, 0.25) is 11.1 Å². The van der Waals surface area contributed by atoms with Crippen molar-refractivity contribution in [2.75, 3.05) is 20.3 Å². The van der Waals surface area contributed by atoms with Gasteiger partial charge in [-0.15, -0.1) is 0 Å². The molecule has 14 heavy (non-hydrogen) atoms. The molecule has 1 radical (unpaired) electrons. The largest absolute Gasteiger partial charge is 0.416 e. The van der Waals surface area contributed by atoms with Crippen molar-refractivity contribution in [3.05, 3.63) is 0 Å². The van der Waals surface area contributed by atoms with Crippen LogP contribution < -0.4 is 0 Å². The minimum absolute atomic E-state index is 0.355. The lowest BCUT2D eigenvalue weighted by Gasteiger charge is -2.27. The quantitative estimate of drug-likeness (QED) is 0.481. The number of ether oxygens (including phenoxy) is 1. The second-order valence-electron chi connectivity index (χ2n) is 4.62. The smallest absolute Gasteiger partial charge is 0.216 e. The van der Waals surface area contributed by atoms with Crippen molar-refractivity contribution < 1.29 is 9.16 Å². The fraction of sp³-hybridized carbons (Fsp3) is 1.00. The molecule has 85 valence electrons. The Morgan fingerprint density at radius 1 is 1.14 bits per heavy atom. The first-order valence-corrected chi connectivity index (χ1v) is 7.12. The molecular weight excluding hydrogens is 192 g/mol. The second-order valence-corrected chi connectivity index (χ2v) is 7.75. The Morgan fingerprint density at radius 2 is 1.79 bits per heavy atom. The van der Waals surface area contributed by atoms with E-state index < -0.39 is 9.04 Å². The van der Waals surface area contributed by atoms with Crippen LogP contribution in [-0.2, 0) is 9.16 Å². The summed E-state index contributed by atoms with van der Waals surface area (Å²) in [5.41, 5.74) is 0. The average Bonchev–Trinajstić information content (AvgIpc) is 2.08. The van der Waals surface area contributed by atoms with Crippen LogP contribution in [0.25, 0.3) is 0 Å². The van der Waals surface area contributed by atoms with Gasteiger partial charge in [-0.2, -0.15) is 0 Å². The molecule has 0 heterocycles. The van der Waals surface area contributed by atoms with Crippen LogP contribution in [0.3, 0.4) is 0 Å². The van der Waals surface area contributed by atoms with Crippen LogP contribution >= 0.6 is 0 Å². The summed E-state index contributed by atoms with van der Waals surface area (Å²) in [5, 5.41) is 0.355. The number of hydrogen-bond donors (Lipinski definition) is 0. The fourth-order valence-electron chi connectivity index (χ4n) is 1.29. The van der Waals surface area contributed by atoms with Crippen LogP contribution in [0.5, 0.6) is 0 Å². The van der Waals surface area contributed by atoms with Gasteiger partial charge in [0.05, 0.1) is 0 Å². The van der Waals surface area contributed by atoms with Gasteiger partial charge in [-0.1, -0.05) is 34.1 Å². The Hall–Kier alpha value is 0.137. The molecule has 0 aromatic rings. The summed E-state index contributed by atoms with van der Waals surface area (Å²) in [4.78, 5) is 0. The molecule has 0 N–H and O–H groups in total. The van der Waals surface area contributed by atoms with Gasteiger partial charge in [0.2, 0.25) is 9.04 Å². The molecule has 0 atom stereocenters. The molecule has 0 rings (SSSR count). The van der Waals surface area contributed by atoms with Gasteiger partial charge in [-0.3, -0.25) is 0 Å². The zero-order chi connectivity index (χ0) is 11.0. The van der Waals surface area contributed by atoms with Crippen LogP contribution in [-0.4, -0.2) is 29.4 Å². The third-order valence-corrected chi connectivity index (χ3v) is 5.26. The van der Waals surface area contributed by atoms with Crippen molar-refractivity contribution >= 4 is 9.04 Å². The number of rotatable bonds is 7. The maximum Gasteiger partial charge on any atom is 0.216 e. The van der Waals surface area contributed by atoms with Crippen molar-refractivity contribution in [1.29, 1.82) is 0 Å². The van der Waals surface area contributed by atoms with Gasteiger partial charge in [0.15, 0.2) is 0 Å². The predicted octanol–water partition coefficient (Wildman–Crippen LogP) is 3.24. The summed E-state index contributed by atoms with van der Waals surface area (Å²) >= 11 is 0. The fourth-order valence-corrected chi connectivity index (χ4v) is 3.46. The molecule has 0 aliphatic carbocycles. The van der Waals surface area contributed by atoms with Crippen LogP contribution in [0.4, 0.5) is 0 Å². The van der Waals surface area contributed by atoms with E-state index in [-0.39, 0.29) is 0 Å². The highest BCUT2D eigenvalue weighted by Gasteiger charge is 2.27. The zero-order valence-corrected chi connectivity index (χ0v) is 11.4. The molecule has 0 aliphatic heterocycles. The highest BCUT2D eigenvalue weighted by atomic mass is 28.3. The van der Waals surface area contributed by atoms with Gasteiger partial charge < -0.3 is 9.16 Å². The number of methoxy groups -OCH3 is 1. The molecule has 0 saturated carbocycles. The SMILES string of the molecule is CCC[Si](OCCCOC)C(C)(C)C. The van der Waals surface area contributed by atoms with Gasteiger partial charge in [0.25, 0.3) is 0 Å². The van der Waals surface area contributed by atoms with Crippen molar-refractivity contribution in [2.45, 2.75) is 51.6 Å². The molecular formula is C11H25O2Si. The summed E-state index contributed by atoms with van der Waals surface area (Å²) in [5.74, 6) is 0. The standard InChI is InChI=1S/C11H25O2Si/c1-6-10-14(11(2,3)4)13-9-7-8-12-5/h6-10H2,1-5H3. The molecule has 0 saturated heterocycles. The second kappa shape index (κ2) is 7.43. The molecule has 0 bridgehead atoms. The maximum absolute atomic E-state index is 5.97. The Labute approximate surface area is 90.7 Å². The number of hydrogen-bond acceptors (Lipinski definition) is 2. The van der Waals surface area contributed by atoms with E-state index in [1.165, 1.54) is 12.5 Å². The van der Waals surface area contributed by atoms with Gasteiger partial charge in [-0.25, -0.2) is 0 Å². The van der Waals surface area contributed by atoms with Gasteiger partial charge in [0.1, 0.15) is 0 Å². The lowest BCUT2D eigenvalue weighted by molar-refractivity contribution is 0.170. The molecule has 0 spiro atoms. The normalized spacial score (nSPS) is 12.4.